The Labute approximate surface area is 150 Å². The van der Waals surface area contributed by atoms with Crippen molar-refractivity contribution in [2.45, 2.75) is 6.54 Å². The number of hydrogen-bond acceptors (Lipinski definition) is 4. The summed E-state index contributed by atoms with van der Waals surface area (Å²) in [5.41, 5.74) is 1.34. The second-order valence-corrected chi connectivity index (χ2v) is 6.96. The van der Waals surface area contributed by atoms with Crippen molar-refractivity contribution in [3.05, 3.63) is 51.9 Å². The molecule has 0 aliphatic carbocycles. The molecule has 0 saturated carbocycles. The van der Waals surface area contributed by atoms with E-state index in [1.165, 1.54) is 23.1 Å². The minimum atomic E-state index is -0.386. The SMILES string of the molecule is C=CCn1c(=NC(=O)c2cn(C)nc2OC)sc2cc(Br)ccc21. The fourth-order valence-corrected chi connectivity index (χ4v) is 3.94. The summed E-state index contributed by atoms with van der Waals surface area (Å²) in [6.45, 7) is 4.35. The largest absolute Gasteiger partial charge is 0.479 e. The number of rotatable bonds is 4. The van der Waals surface area contributed by atoms with E-state index in [2.05, 4.69) is 32.6 Å². The average molecular weight is 407 g/mol. The molecule has 1 aromatic carbocycles. The Kier molecular flexibility index (Phi) is 4.68. The van der Waals surface area contributed by atoms with Crippen molar-refractivity contribution >= 4 is 43.4 Å². The number of allylic oxidation sites excluding steroid dienone is 1. The molecule has 2 heterocycles. The third-order valence-corrected chi connectivity index (χ3v) is 4.91. The predicted molar refractivity (Wildman–Crippen MR) is 97.4 cm³/mol. The van der Waals surface area contributed by atoms with E-state index in [-0.39, 0.29) is 11.8 Å². The van der Waals surface area contributed by atoms with E-state index in [0.717, 1.165) is 14.7 Å². The molecule has 2 aromatic heterocycles. The van der Waals surface area contributed by atoms with E-state index < -0.39 is 0 Å². The number of halogens is 1. The van der Waals surface area contributed by atoms with Gasteiger partial charge in [-0.25, -0.2) is 0 Å². The first-order valence-electron chi connectivity index (χ1n) is 7.10. The van der Waals surface area contributed by atoms with Crippen LogP contribution in [0.5, 0.6) is 5.88 Å². The summed E-state index contributed by atoms with van der Waals surface area (Å²) in [6, 6.07) is 5.96. The highest BCUT2D eigenvalue weighted by Crippen LogP contribution is 2.22. The Morgan fingerprint density at radius 1 is 1.54 bits per heavy atom. The molecule has 0 atom stereocenters. The molecule has 0 saturated heterocycles. The van der Waals surface area contributed by atoms with Crippen LogP contribution in [0, 0.1) is 0 Å². The zero-order chi connectivity index (χ0) is 17.3. The van der Waals surface area contributed by atoms with Gasteiger partial charge in [0, 0.05) is 24.3 Å². The third kappa shape index (κ3) is 3.07. The van der Waals surface area contributed by atoms with Crippen LogP contribution in [0.3, 0.4) is 0 Å². The van der Waals surface area contributed by atoms with E-state index in [9.17, 15) is 4.79 Å². The van der Waals surface area contributed by atoms with Crippen LogP contribution in [-0.2, 0) is 13.6 Å². The molecule has 0 bridgehead atoms. The highest BCUT2D eigenvalue weighted by atomic mass is 79.9. The average Bonchev–Trinajstić information content (AvgIpc) is 3.08. The second kappa shape index (κ2) is 6.74. The smallest absolute Gasteiger partial charge is 0.286 e. The molecule has 0 unspecified atom stereocenters. The number of carbonyl (C=O) groups is 1. The van der Waals surface area contributed by atoms with Gasteiger partial charge in [0.05, 0.1) is 17.3 Å². The summed E-state index contributed by atoms with van der Waals surface area (Å²) in [4.78, 5) is 17.5. The van der Waals surface area contributed by atoms with E-state index in [1.54, 1.807) is 19.3 Å². The standard InChI is InChI=1S/C16H15BrN4O2S/c1-4-7-21-12-6-5-10(17)8-13(12)24-16(21)18-14(22)11-9-20(2)19-15(11)23-3/h4-6,8-9H,1,7H2,2-3H3. The molecule has 124 valence electrons. The molecule has 0 aliphatic heterocycles. The number of methoxy groups -OCH3 is 1. The Bertz CT molecular complexity index is 999. The lowest BCUT2D eigenvalue weighted by Gasteiger charge is -2.01. The van der Waals surface area contributed by atoms with Gasteiger partial charge in [-0.3, -0.25) is 9.48 Å². The molecule has 0 fully saturated rings. The minimum Gasteiger partial charge on any atom is -0.479 e. The number of benzene rings is 1. The van der Waals surface area contributed by atoms with Crippen molar-refractivity contribution in [2.24, 2.45) is 12.0 Å². The van der Waals surface area contributed by atoms with Crippen molar-refractivity contribution < 1.29 is 9.53 Å². The zero-order valence-electron chi connectivity index (χ0n) is 13.2. The summed E-state index contributed by atoms with van der Waals surface area (Å²) in [5, 5.41) is 4.09. The molecule has 24 heavy (non-hydrogen) atoms. The van der Waals surface area contributed by atoms with E-state index >= 15 is 0 Å². The van der Waals surface area contributed by atoms with Gasteiger partial charge in [-0.05, 0) is 18.2 Å². The summed E-state index contributed by atoms with van der Waals surface area (Å²) in [6.07, 6.45) is 3.38. The molecule has 3 rings (SSSR count). The summed E-state index contributed by atoms with van der Waals surface area (Å²) in [5.74, 6) is -0.117. The van der Waals surface area contributed by atoms with Gasteiger partial charge in [-0.15, -0.1) is 11.7 Å². The lowest BCUT2D eigenvalue weighted by atomic mass is 10.3. The van der Waals surface area contributed by atoms with Gasteiger partial charge < -0.3 is 9.30 Å². The first kappa shape index (κ1) is 16.7. The quantitative estimate of drug-likeness (QED) is 0.625. The molecule has 1 amide bonds. The van der Waals surface area contributed by atoms with Crippen LogP contribution >= 0.6 is 27.3 Å². The van der Waals surface area contributed by atoms with Gasteiger partial charge in [0.1, 0.15) is 5.56 Å². The van der Waals surface area contributed by atoms with Gasteiger partial charge >= 0.3 is 0 Å². The Morgan fingerprint density at radius 3 is 3.04 bits per heavy atom. The minimum absolute atomic E-state index is 0.269. The van der Waals surface area contributed by atoms with Gasteiger partial charge in [-0.2, -0.15) is 4.99 Å². The fraction of sp³-hybridized carbons (Fsp3) is 0.188. The number of carbonyl (C=O) groups excluding carboxylic acids is 1. The Balaban J connectivity index is 2.16. The summed E-state index contributed by atoms with van der Waals surface area (Å²) >= 11 is 4.92. The summed E-state index contributed by atoms with van der Waals surface area (Å²) in [7, 11) is 3.21. The molecular formula is C16H15BrN4O2S. The van der Waals surface area contributed by atoms with Crippen LogP contribution in [0.1, 0.15) is 10.4 Å². The van der Waals surface area contributed by atoms with Crippen LogP contribution < -0.4 is 9.54 Å². The van der Waals surface area contributed by atoms with Crippen molar-refractivity contribution in [3.63, 3.8) is 0 Å². The van der Waals surface area contributed by atoms with E-state index in [0.29, 0.717) is 16.9 Å². The molecular weight excluding hydrogens is 392 g/mol. The van der Waals surface area contributed by atoms with Crippen molar-refractivity contribution in [1.82, 2.24) is 14.3 Å². The number of aromatic nitrogens is 3. The van der Waals surface area contributed by atoms with Crippen LogP contribution in [-0.4, -0.2) is 27.4 Å². The number of thiazole rings is 1. The normalized spacial score (nSPS) is 11.9. The number of aryl methyl sites for hydroxylation is 1. The van der Waals surface area contributed by atoms with Crippen LogP contribution in [0.4, 0.5) is 0 Å². The maximum atomic E-state index is 12.6. The Morgan fingerprint density at radius 2 is 2.33 bits per heavy atom. The number of hydrogen-bond donors (Lipinski definition) is 0. The van der Waals surface area contributed by atoms with Crippen molar-refractivity contribution in [3.8, 4) is 5.88 Å². The van der Waals surface area contributed by atoms with Crippen LogP contribution in [0.25, 0.3) is 10.2 Å². The Hall–Kier alpha value is -2.19. The predicted octanol–water partition coefficient (Wildman–Crippen LogP) is 3.13. The molecule has 0 N–H and O–H groups in total. The monoisotopic (exact) mass is 406 g/mol. The second-order valence-electron chi connectivity index (χ2n) is 5.04. The van der Waals surface area contributed by atoms with Crippen molar-refractivity contribution in [1.29, 1.82) is 0 Å². The third-order valence-electron chi connectivity index (χ3n) is 3.37. The molecule has 6 nitrogen and oxygen atoms in total. The van der Waals surface area contributed by atoms with Gasteiger partial charge in [0.25, 0.3) is 5.91 Å². The van der Waals surface area contributed by atoms with Gasteiger partial charge in [0.2, 0.25) is 5.88 Å². The van der Waals surface area contributed by atoms with E-state index in [1.807, 2.05) is 22.8 Å². The number of amides is 1. The first-order chi connectivity index (χ1) is 11.5. The summed E-state index contributed by atoms with van der Waals surface area (Å²) < 4.78 is 10.6. The molecule has 3 aromatic rings. The molecule has 0 radical (unpaired) electrons. The van der Waals surface area contributed by atoms with Gasteiger partial charge in [-0.1, -0.05) is 33.3 Å². The maximum Gasteiger partial charge on any atom is 0.286 e. The fourth-order valence-electron chi connectivity index (χ4n) is 2.35. The molecule has 0 spiro atoms. The maximum absolute atomic E-state index is 12.6. The number of ether oxygens (including phenoxy) is 1. The topological polar surface area (TPSA) is 61.4 Å². The highest BCUT2D eigenvalue weighted by molar-refractivity contribution is 9.10. The molecule has 0 aliphatic rings. The van der Waals surface area contributed by atoms with E-state index in [4.69, 9.17) is 4.74 Å². The lowest BCUT2D eigenvalue weighted by molar-refractivity contribution is 0.0995. The van der Waals surface area contributed by atoms with Crippen molar-refractivity contribution in [2.75, 3.05) is 7.11 Å². The molecule has 8 heteroatoms. The number of fused-ring (bicyclic) bond motifs is 1. The van der Waals surface area contributed by atoms with Crippen LogP contribution in [0.2, 0.25) is 0 Å². The number of nitrogens with zero attached hydrogens (tertiary/aromatic N) is 4. The zero-order valence-corrected chi connectivity index (χ0v) is 15.6. The lowest BCUT2D eigenvalue weighted by Crippen LogP contribution is -2.16. The first-order valence-corrected chi connectivity index (χ1v) is 8.71. The van der Waals surface area contributed by atoms with Gasteiger partial charge in [0.15, 0.2) is 4.80 Å². The highest BCUT2D eigenvalue weighted by Gasteiger charge is 2.16. The van der Waals surface area contributed by atoms with Crippen LogP contribution in [0.15, 0.2) is 46.5 Å².